The highest BCUT2D eigenvalue weighted by molar-refractivity contribution is 7.71. The number of nitrogens with zero attached hydrogens (tertiary/aromatic N) is 1. The largest absolute Gasteiger partial charge is 0.481 e. The van der Waals surface area contributed by atoms with Gasteiger partial charge in [0.25, 0.3) is 11.4 Å². The number of aromatic amines is 1. The van der Waals surface area contributed by atoms with Gasteiger partial charge in [-0.1, -0.05) is 0 Å². The summed E-state index contributed by atoms with van der Waals surface area (Å²) in [4.78, 5) is 39.9. The normalized spacial score (nSPS) is 31.0. The van der Waals surface area contributed by atoms with E-state index in [0.29, 0.717) is 0 Å². The molecule has 2 heterocycles. The van der Waals surface area contributed by atoms with E-state index in [1.54, 1.807) is 0 Å². The molecule has 27 heavy (non-hydrogen) atoms. The van der Waals surface area contributed by atoms with E-state index in [1.807, 2.05) is 0 Å². The van der Waals surface area contributed by atoms with Gasteiger partial charge < -0.3 is 29.6 Å². The average molecular weight is 452 g/mol. The van der Waals surface area contributed by atoms with E-state index in [2.05, 4.69) is 13.8 Å². The van der Waals surface area contributed by atoms with E-state index < -0.39 is 52.1 Å². The van der Waals surface area contributed by atoms with Crippen molar-refractivity contribution >= 4 is 27.9 Å². The van der Waals surface area contributed by atoms with Gasteiger partial charge in [0.2, 0.25) is 0 Å². The molecule has 6 N–H and O–H groups in total. The Hall–Kier alpha value is -0.830. The van der Waals surface area contributed by atoms with Crippen molar-refractivity contribution in [2.45, 2.75) is 31.2 Å². The summed E-state index contributed by atoms with van der Waals surface area (Å²) < 4.78 is 49.9. The summed E-state index contributed by atoms with van der Waals surface area (Å²) in [6.45, 7) is -0.153. The molecule has 17 heteroatoms. The number of aromatic nitrogens is 2. The topological polar surface area (TPSA) is 201 Å². The molecule has 1 aromatic heterocycles. The summed E-state index contributed by atoms with van der Waals surface area (Å²) in [5.74, 6) is -3.28. The molecular weight excluding hydrogens is 437 g/mol. The highest BCUT2D eigenvalue weighted by Crippen LogP contribution is 2.58. The third kappa shape index (κ3) is 5.16. The van der Waals surface area contributed by atoms with Crippen LogP contribution in [0, 0.1) is 11.7 Å². The van der Waals surface area contributed by atoms with E-state index in [-0.39, 0.29) is 10.3 Å². The summed E-state index contributed by atoms with van der Waals surface area (Å²) in [7, 11) is -10.9. The molecule has 0 spiro atoms. The van der Waals surface area contributed by atoms with Crippen molar-refractivity contribution in [2.75, 3.05) is 6.61 Å². The smallest absolute Gasteiger partial charge is 0.385 e. The molecule has 13 nitrogen and oxygen atoms in total. The van der Waals surface area contributed by atoms with Gasteiger partial charge in [0.1, 0.15) is 18.8 Å². The van der Waals surface area contributed by atoms with Crippen LogP contribution in [-0.2, 0) is 22.7 Å². The molecule has 2 rings (SSSR count). The highest BCUT2D eigenvalue weighted by atomic mass is 32.1. The van der Waals surface area contributed by atoms with E-state index in [9.17, 15) is 28.5 Å². The minimum absolute atomic E-state index is 0.122. The first kappa shape index (κ1) is 22.5. The second kappa shape index (κ2) is 7.54. The van der Waals surface area contributed by atoms with Gasteiger partial charge in [-0.15, -0.1) is 0 Å². The fourth-order valence-electron chi connectivity index (χ4n) is 2.19. The Balaban J connectivity index is 2.24. The van der Waals surface area contributed by atoms with Crippen LogP contribution in [0.1, 0.15) is 11.8 Å². The van der Waals surface area contributed by atoms with Gasteiger partial charge in [-0.3, -0.25) is 18.9 Å². The third-order valence-electron chi connectivity index (χ3n) is 3.43. The number of aryl methyl sites for hydroxylation is 1. The fraction of sp³-hybridized carbons (Fsp3) is 0.600. The molecule has 0 radical (unpaired) electrons. The van der Waals surface area contributed by atoms with Crippen LogP contribution in [0.2, 0.25) is 0 Å². The fourth-order valence-corrected chi connectivity index (χ4v) is 4.05. The lowest BCUT2D eigenvalue weighted by Crippen LogP contribution is -2.42. The number of halogens is 1. The molecule has 1 aromatic rings. The van der Waals surface area contributed by atoms with E-state index in [4.69, 9.17) is 31.6 Å². The van der Waals surface area contributed by atoms with Crippen LogP contribution in [0.4, 0.5) is 4.39 Å². The van der Waals surface area contributed by atoms with Crippen LogP contribution in [-0.4, -0.2) is 59.1 Å². The maximum absolute atomic E-state index is 14.8. The number of ether oxygens (including phenoxy) is 1. The Labute approximate surface area is 154 Å². The van der Waals surface area contributed by atoms with Crippen LogP contribution in [0.3, 0.4) is 0 Å². The Morgan fingerprint density at radius 1 is 1.41 bits per heavy atom. The van der Waals surface area contributed by atoms with Crippen molar-refractivity contribution in [3.63, 3.8) is 0 Å². The minimum Gasteiger partial charge on any atom is -0.385 e. The molecule has 0 bridgehead atoms. The first-order valence-corrected chi connectivity index (χ1v) is 10.4. The third-order valence-corrected chi connectivity index (χ3v) is 5.87. The van der Waals surface area contributed by atoms with Crippen LogP contribution in [0.15, 0.2) is 11.0 Å². The van der Waals surface area contributed by atoms with Gasteiger partial charge in [0.15, 0.2) is 11.0 Å². The number of hydrogen-bond donors (Lipinski definition) is 6. The summed E-state index contributed by atoms with van der Waals surface area (Å²) in [6, 6.07) is 0. The lowest BCUT2D eigenvalue weighted by atomic mass is 10.1. The predicted molar refractivity (Wildman–Crippen MR) is 85.5 cm³/mol. The Kier molecular flexibility index (Phi) is 6.27. The summed E-state index contributed by atoms with van der Waals surface area (Å²) in [5, 5.41) is 19.9. The number of aliphatic hydroxyl groups is 2. The zero-order valence-corrected chi connectivity index (χ0v) is 15.9. The maximum atomic E-state index is 14.8. The number of aliphatic hydroxyl groups excluding tert-OH is 2. The van der Waals surface area contributed by atoms with Gasteiger partial charge in [0.05, 0.1) is 0 Å². The van der Waals surface area contributed by atoms with Gasteiger partial charge in [-0.25, -0.2) is 13.5 Å². The first-order valence-electron chi connectivity index (χ1n) is 6.94. The molecule has 1 fully saturated rings. The lowest BCUT2D eigenvalue weighted by Gasteiger charge is -2.24. The molecule has 154 valence electrons. The summed E-state index contributed by atoms with van der Waals surface area (Å²) in [5.41, 5.74) is -0.425. The van der Waals surface area contributed by atoms with Crippen molar-refractivity contribution in [2.24, 2.45) is 0 Å². The molecule has 1 aliphatic rings. The number of hydrogen-bond acceptors (Lipinski definition) is 9. The number of phosphoric acid groups is 2. The second-order valence-corrected chi connectivity index (χ2v) is 8.74. The molecular formula is C10H15FN2O11P2S. The zero-order chi connectivity index (χ0) is 20.8. The van der Waals surface area contributed by atoms with Gasteiger partial charge in [0, 0.05) is 11.8 Å². The first-order chi connectivity index (χ1) is 12.2. The monoisotopic (exact) mass is 452 g/mol. The Morgan fingerprint density at radius 3 is 2.56 bits per heavy atom. The van der Waals surface area contributed by atoms with Crippen LogP contribution >= 0.6 is 27.9 Å². The van der Waals surface area contributed by atoms with Crippen molar-refractivity contribution in [1.82, 2.24) is 9.55 Å². The van der Waals surface area contributed by atoms with E-state index in [1.165, 1.54) is 6.92 Å². The number of phosphoric ester groups is 1. The molecule has 0 amide bonds. The molecule has 0 aliphatic carbocycles. The van der Waals surface area contributed by atoms with Crippen molar-refractivity contribution in [3.8, 4) is 0 Å². The standard InChI is InChI=1S/C10H15FN2O11P2S/c1-4-2-13(9(27)12-7(4)16)8-5(14)6(15)10(11,23-8)3-22-26(20,21)24-25(17,18)19/h2,5-6,8,14-15H,3H2,1H3,(H,20,21)(H,12,16,27)(H2,17,18,19)/t5-,6+,8-,10-/m1/s1. The SMILES string of the molecule is Cc1cn([C@@H]2O[C@](F)(COP(=O)(O)OP(=O)(O)O)[C@@H](O)[C@H]2O)c(=S)[nH]c1=O. The summed E-state index contributed by atoms with van der Waals surface area (Å²) in [6.07, 6.45) is -4.79. The van der Waals surface area contributed by atoms with Gasteiger partial charge in [-0.05, 0) is 19.1 Å². The predicted octanol–water partition coefficient (Wildman–Crippen LogP) is -0.643. The number of rotatable bonds is 6. The average Bonchev–Trinajstić information content (AvgIpc) is 2.72. The lowest BCUT2D eigenvalue weighted by molar-refractivity contribution is -0.204. The summed E-state index contributed by atoms with van der Waals surface area (Å²) >= 11 is 4.88. The Bertz CT molecular complexity index is 930. The molecule has 0 aromatic carbocycles. The van der Waals surface area contributed by atoms with Crippen molar-refractivity contribution in [3.05, 3.63) is 26.9 Å². The molecule has 0 saturated carbocycles. The van der Waals surface area contributed by atoms with Crippen LogP contribution in [0.25, 0.3) is 0 Å². The maximum Gasteiger partial charge on any atom is 0.481 e. The molecule has 5 atom stereocenters. The van der Waals surface area contributed by atoms with Crippen molar-refractivity contribution in [1.29, 1.82) is 0 Å². The van der Waals surface area contributed by atoms with Crippen LogP contribution < -0.4 is 5.56 Å². The van der Waals surface area contributed by atoms with E-state index >= 15 is 0 Å². The number of H-pyrrole nitrogens is 1. The van der Waals surface area contributed by atoms with Crippen molar-refractivity contribution < 1.29 is 52.0 Å². The molecule has 1 saturated heterocycles. The highest BCUT2D eigenvalue weighted by Gasteiger charge is 2.57. The number of nitrogens with one attached hydrogen (secondary N) is 1. The molecule has 1 unspecified atom stereocenters. The quantitative estimate of drug-likeness (QED) is 0.236. The van der Waals surface area contributed by atoms with Gasteiger partial charge >= 0.3 is 15.6 Å². The minimum atomic E-state index is -5.44. The zero-order valence-electron chi connectivity index (χ0n) is 13.3. The van der Waals surface area contributed by atoms with E-state index in [0.717, 1.165) is 10.8 Å². The van der Waals surface area contributed by atoms with Crippen LogP contribution in [0.5, 0.6) is 0 Å². The van der Waals surface area contributed by atoms with Gasteiger partial charge in [-0.2, -0.15) is 4.31 Å². The second-order valence-electron chi connectivity index (χ2n) is 5.52. The Morgan fingerprint density at radius 2 is 2.00 bits per heavy atom. The molecule has 1 aliphatic heterocycles. The number of alkyl halides is 1.